The van der Waals surface area contributed by atoms with Gasteiger partial charge in [0.1, 0.15) is 23.4 Å². The van der Waals surface area contributed by atoms with Gasteiger partial charge in [0.05, 0.1) is 11.2 Å². The minimum atomic E-state index is -1.55. The zero-order chi connectivity index (χ0) is 62.4. The molecular weight excluding hydrogens is 1040 g/mol. The molecule has 4 N–H and O–H groups in total. The van der Waals surface area contributed by atoms with E-state index >= 15 is 0 Å². The highest BCUT2D eigenvalue weighted by atomic mass is 16.5. The van der Waals surface area contributed by atoms with Gasteiger partial charge in [-0.2, -0.15) is 0 Å². The molecule has 0 aliphatic heterocycles. The number of hydrogen-bond donors (Lipinski definition) is 4. The fraction of sp³-hybridized carbons (Fsp3) is 0.579. The first-order valence-electron chi connectivity index (χ1n) is 32.1. The van der Waals surface area contributed by atoms with Crippen LogP contribution in [0.25, 0.3) is 0 Å². The van der Waals surface area contributed by atoms with Crippen molar-refractivity contribution in [1.82, 2.24) is 0 Å². The van der Waals surface area contributed by atoms with Crippen LogP contribution in [0.15, 0.2) is 180 Å². The van der Waals surface area contributed by atoms with Gasteiger partial charge in [-0.1, -0.05) is 248 Å². The molecule has 2 rings (SSSR count). The number of carbonyl (C=O) groups is 2. The first-order valence-corrected chi connectivity index (χ1v) is 32.1. The first kappa shape index (κ1) is 75.0. The van der Waals surface area contributed by atoms with E-state index in [2.05, 4.69) is 86.8 Å². The average Bonchev–Trinajstić information content (AvgIpc) is 0.839. The van der Waals surface area contributed by atoms with E-state index < -0.39 is 45.4 Å². The molecule has 0 spiro atoms. The summed E-state index contributed by atoms with van der Waals surface area (Å²) in [6.45, 7) is 23.3. The molecule has 2 aliphatic rings. The summed E-state index contributed by atoms with van der Waals surface area (Å²) in [5, 5.41) is 47.4. The van der Waals surface area contributed by atoms with E-state index in [9.17, 15) is 30.0 Å². The van der Waals surface area contributed by atoms with Crippen LogP contribution in [-0.2, 0) is 19.1 Å². The van der Waals surface area contributed by atoms with Gasteiger partial charge in [-0.25, -0.2) is 0 Å². The molecule has 0 unspecified atom stereocenters. The third-order valence-electron chi connectivity index (χ3n) is 16.5. The third kappa shape index (κ3) is 28.8. The Hall–Kier alpha value is -5.12. The van der Waals surface area contributed by atoms with Gasteiger partial charge in [0, 0.05) is 36.5 Å². The summed E-state index contributed by atoms with van der Waals surface area (Å²) < 4.78 is 11.8. The largest absolute Gasteiger partial charge is 0.462 e. The third-order valence-corrected chi connectivity index (χ3v) is 16.5. The van der Waals surface area contributed by atoms with Gasteiger partial charge in [0.25, 0.3) is 0 Å². The van der Waals surface area contributed by atoms with Crippen molar-refractivity contribution in [2.45, 2.75) is 272 Å². The second-order valence-corrected chi connectivity index (χ2v) is 25.5. The normalized spacial score (nSPS) is 25.9. The average molecular weight is 1160 g/mol. The highest BCUT2D eigenvalue weighted by molar-refractivity contribution is 5.70. The smallest absolute Gasteiger partial charge is 0.306 e. The highest BCUT2D eigenvalue weighted by Crippen LogP contribution is 2.52. The Bertz CT molecular complexity index is 2370. The molecule has 0 aromatic heterocycles. The van der Waals surface area contributed by atoms with Gasteiger partial charge in [-0.3, -0.25) is 9.59 Å². The van der Waals surface area contributed by atoms with Crippen LogP contribution in [-0.4, -0.2) is 67.0 Å². The van der Waals surface area contributed by atoms with Crippen molar-refractivity contribution in [3.63, 3.8) is 0 Å². The molecule has 8 heteroatoms. The number of carbonyl (C=O) groups excluding carboxylic acids is 2. The van der Waals surface area contributed by atoms with Crippen molar-refractivity contribution in [2.75, 3.05) is 0 Å². The molecule has 468 valence electrons. The van der Waals surface area contributed by atoms with Crippen LogP contribution in [0.2, 0.25) is 0 Å². The molecule has 0 amide bonds. The maximum Gasteiger partial charge on any atom is 0.306 e. The Labute approximate surface area is 511 Å². The zero-order valence-electron chi connectivity index (χ0n) is 54.6. The molecule has 0 bridgehead atoms. The number of aliphatic hydroxyl groups is 4. The first-order chi connectivity index (χ1) is 39.8. The van der Waals surface area contributed by atoms with Crippen LogP contribution in [0.3, 0.4) is 0 Å². The predicted molar refractivity (Wildman–Crippen MR) is 356 cm³/mol. The summed E-state index contributed by atoms with van der Waals surface area (Å²) in [5.41, 5.74) is -3.74. The monoisotopic (exact) mass is 1160 g/mol. The van der Waals surface area contributed by atoms with Gasteiger partial charge in [0.2, 0.25) is 0 Å². The number of esters is 2. The molecule has 2 aliphatic carbocycles. The maximum atomic E-state index is 12.9. The van der Waals surface area contributed by atoms with E-state index in [0.29, 0.717) is 32.1 Å². The van der Waals surface area contributed by atoms with Crippen molar-refractivity contribution < 1.29 is 39.5 Å². The van der Waals surface area contributed by atoms with Crippen molar-refractivity contribution in [3.05, 3.63) is 180 Å². The molecule has 6 atom stereocenters. The lowest BCUT2D eigenvalue weighted by Gasteiger charge is -2.55. The van der Waals surface area contributed by atoms with E-state index in [0.717, 1.165) is 86.5 Å². The molecule has 0 aromatic rings. The van der Waals surface area contributed by atoms with E-state index in [1.54, 1.807) is 26.0 Å². The molecule has 0 saturated heterocycles. The van der Waals surface area contributed by atoms with Gasteiger partial charge < -0.3 is 29.9 Å². The van der Waals surface area contributed by atoms with Crippen LogP contribution in [0, 0.1) is 10.8 Å². The van der Waals surface area contributed by atoms with Crippen LogP contribution in [0.1, 0.15) is 237 Å². The number of allylic oxidation sites excluding steroid dienone is 28. The summed E-state index contributed by atoms with van der Waals surface area (Å²) in [6.07, 6.45) is 73.3. The van der Waals surface area contributed by atoms with E-state index in [1.165, 1.54) is 44.9 Å². The maximum absolute atomic E-state index is 12.9. The Balaban J connectivity index is 1.81. The molecule has 0 heterocycles. The standard InChI is InChI=1S/C76H116O8/c1-13-15-17-19-21-23-25-27-28-29-30-32-34-36-38-40-42-54-70(78)84-68-60-72(9,10)76(82,74(12,80)62-68)58-56-66(6)52-46-50-64(4)48-44-43-47-63(3)49-45-51-65(5)55-57-75(81)71(7,8)59-67(61-73(75,11)79)83-69(77)53-41-39-37-35-33-31-26-24-22-20-18-16-14-2/h15,17,21,23-24,26-28,30,32,36,38,43-52,55-58,67-68,79-82H,13-14,16,18-20,22,25,29,31,33-35,37,39-42,53-54,59-62H2,1-12H3/b17-15-,23-21-,26-24+,28-27-,32-30-,38-36-,44-43+,49-45+,50-46+,57-55+,58-56+,63-47+,64-48+,65-51+,66-52+/t67-,68-,73+,74+,75+,76+/m0/s1. The van der Waals surface area contributed by atoms with Gasteiger partial charge in [-0.05, 0) is 144 Å². The molecule has 84 heavy (non-hydrogen) atoms. The van der Waals surface area contributed by atoms with E-state index in [-0.39, 0.29) is 24.8 Å². The van der Waals surface area contributed by atoms with Gasteiger partial charge in [0.15, 0.2) is 0 Å². The lowest BCUT2D eigenvalue weighted by Crippen LogP contribution is -2.65. The number of unbranched alkanes of at least 4 members (excludes halogenated alkanes) is 10. The summed E-state index contributed by atoms with van der Waals surface area (Å²) in [6, 6.07) is 0. The van der Waals surface area contributed by atoms with Crippen LogP contribution < -0.4 is 0 Å². The summed E-state index contributed by atoms with van der Waals surface area (Å²) >= 11 is 0. The zero-order valence-corrected chi connectivity index (χ0v) is 54.6. The second-order valence-electron chi connectivity index (χ2n) is 25.5. The fourth-order valence-corrected chi connectivity index (χ4v) is 11.3. The van der Waals surface area contributed by atoms with Gasteiger partial charge >= 0.3 is 11.9 Å². The summed E-state index contributed by atoms with van der Waals surface area (Å²) in [5.74, 6) is -0.509. The van der Waals surface area contributed by atoms with Crippen molar-refractivity contribution in [3.8, 4) is 0 Å². The lowest BCUT2D eigenvalue weighted by atomic mass is 9.57. The highest BCUT2D eigenvalue weighted by Gasteiger charge is 2.60. The molecule has 8 nitrogen and oxygen atoms in total. The van der Waals surface area contributed by atoms with Crippen molar-refractivity contribution >= 4 is 11.9 Å². The van der Waals surface area contributed by atoms with Crippen molar-refractivity contribution in [2.24, 2.45) is 10.8 Å². The van der Waals surface area contributed by atoms with Crippen LogP contribution in [0.4, 0.5) is 0 Å². The molecule has 2 saturated carbocycles. The van der Waals surface area contributed by atoms with Crippen molar-refractivity contribution in [1.29, 1.82) is 0 Å². The van der Waals surface area contributed by atoms with E-state index in [4.69, 9.17) is 9.47 Å². The topological polar surface area (TPSA) is 134 Å². The number of hydrogen-bond acceptors (Lipinski definition) is 8. The van der Waals surface area contributed by atoms with Gasteiger partial charge in [-0.15, -0.1) is 0 Å². The predicted octanol–water partition coefficient (Wildman–Crippen LogP) is 19.2. The summed E-state index contributed by atoms with van der Waals surface area (Å²) in [7, 11) is 0. The Kier molecular flexibility index (Phi) is 36.0. The minimum Gasteiger partial charge on any atom is -0.462 e. The second kappa shape index (κ2) is 40.3. The quantitative estimate of drug-likeness (QED) is 0.0208. The molecular formula is C76H116O8. The molecule has 0 aromatic carbocycles. The fourth-order valence-electron chi connectivity index (χ4n) is 11.3. The van der Waals surface area contributed by atoms with Crippen LogP contribution >= 0.6 is 0 Å². The Morgan fingerprint density at radius 2 is 0.738 bits per heavy atom. The minimum absolute atomic E-state index is 0.135. The number of rotatable bonds is 38. The Morgan fingerprint density at radius 3 is 1.15 bits per heavy atom. The van der Waals surface area contributed by atoms with E-state index in [1.807, 2.05) is 128 Å². The summed E-state index contributed by atoms with van der Waals surface area (Å²) in [4.78, 5) is 25.7. The SMILES string of the molecule is CC/C=C\C/C=C\C/C=C\C/C=C\C/C=C\CCCC(=O)O[C@H]1CC(C)(C)[C@](O)(/C=C/C(C)=C/C=C/C(C)=C/C=C/C=C(C)/C=C/C=C(C)/C=C/[C@@]2(O)C(C)(C)C[C@H](OC(=O)CCCCCCC/C=C/CCCCCC)C[C@@]2(C)O)[C@](C)(O)C1. The Morgan fingerprint density at radius 1 is 0.405 bits per heavy atom. The molecule has 0 radical (unpaired) electrons. The lowest BCUT2D eigenvalue weighted by molar-refractivity contribution is -0.223. The van der Waals surface area contributed by atoms with Crippen LogP contribution in [0.5, 0.6) is 0 Å². The number of ether oxygens (including phenoxy) is 2. The molecule has 2 fully saturated rings.